The van der Waals surface area contributed by atoms with Gasteiger partial charge < -0.3 is 10.8 Å². The van der Waals surface area contributed by atoms with Gasteiger partial charge in [-0.2, -0.15) is 0 Å². The molecule has 0 saturated heterocycles. The molecule has 0 aliphatic rings. The van der Waals surface area contributed by atoms with Gasteiger partial charge in [0.25, 0.3) is 0 Å². The fourth-order valence-electron chi connectivity index (χ4n) is 2.28. The highest BCUT2D eigenvalue weighted by atomic mass is 16.3. The zero-order valence-electron chi connectivity index (χ0n) is 11.2. The molecule has 3 N–H and O–H groups in total. The Hall–Kier alpha value is -1.80. The van der Waals surface area contributed by atoms with Crippen molar-refractivity contribution in [3.8, 4) is 5.75 Å². The first-order valence-corrected chi connectivity index (χ1v) is 6.84. The largest absolute Gasteiger partial charge is 0.508 e. The highest BCUT2D eigenvalue weighted by Gasteiger charge is 2.00. The highest BCUT2D eigenvalue weighted by molar-refractivity contribution is 5.31. The van der Waals surface area contributed by atoms with Crippen LogP contribution >= 0.6 is 0 Å². The van der Waals surface area contributed by atoms with E-state index in [-0.39, 0.29) is 0 Å². The van der Waals surface area contributed by atoms with E-state index in [0.717, 1.165) is 31.2 Å². The maximum absolute atomic E-state index is 9.68. The smallest absolute Gasteiger partial charge is 0.118 e. The van der Waals surface area contributed by atoms with Crippen LogP contribution in [0.1, 0.15) is 29.5 Å². The van der Waals surface area contributed by atoms with Crippen LogP contribution in [-0.2, 0) is 19.4 Å². The van der Waals surface area contributed by atoms with Gasteiger partial charge in [0.05, 0.1) is 0 Å². The topological polar surface area (TPSA) is 46.2 Å². The van der Waals surface area contributed by atoms with Crippen molar-refractivity contribution < 1.29 is 5.11 Å². The molecule has 0 spiro atoms. The molecule has 0 atom stereocenters. The first-order chi connectivity index (χ1) is 9.29. The van der Waals surface area contributed by atoms with Gasteiger partial charge in [-0.25, -0.2) is 0 Å². The molecule has 0 saturated carbocycles. The van der Waals surface area contributed by atoms with Gasteiger partial charge in [0.2, 0.25) is 0 Å². The summed E-state index contributed by atoms with van der Waals surface area (Å²) in [7, 11) is 0. The summed E-state index contributed by atoms with van der Waals surface area (Å²) in [5.74, 6) is 0.410. The lowest BCUT2D eigenvalue weighted by atomic mass is 10.0. The van der Waals surface area contributed by atoms with E-state index < -0.39 is 0 Å². The van der Waals surface area contributed by atoms with Crippen molar-refractivity contribution in [1.82, 2.24) is 0 Å². The van der Waals surface area contributed by atoms with E-state index in [1.54, 1.807) is 6.07 Å². The van der Waals surface area contributed by atoms with Crippen LogP contribution in [0.3, 0.4) is 0 Å². The molecule has 0 aliphatic heterocycles. The third-order valence-corrected chi connectivity index (χ3v) is 3.38. The Bertz CT molecular complexity index is 522. The normalized spacial score (nSPS) is 10.6. The van der Waals surface area contributed by atoms with Crippen LogP contribution in [-0.4, -0.2) is 5.11 Å². The van der Waals surface area contributed by atoms with E-state index in [9.17, 15) is 5.11 Å². The quantitative estimate of drug-likeness (QED) is 0.777. The minimum absolute atomic E-state index is 0.410. The summed E-state index contributed by atoms with van der Waals surface area (Å²) < 4.78 is 0. The van der Waals surface area contributed by atoms with Crippen molar-refractivity contribution >= 4 is 0 Å². The number of phenolic OH excluding ortho intramolecular Hbond substituents is 1. The van der Waals surface area contributed by atoms with Gasteiger partial charge in [-0.3, -0.25) is 0 Å². The summed E-state index contributed by atoms with van der Waals surface area (Å²) in [6, 6.07) is 16.0. The molecular weight excluding hydrogens is 234 g/mol. The lowest BCUT2D eigenvalue weighted by Crippen LogP contribution is -1.97. The van der Waals surface area contributed by atoms with Crippen molar-refractivity contribution in [2.24, 2.45) is 5.73 Å². The number of hydrogen-bond acceptors (Lipinski definition) is 2. The van der Waals surface area contributed by atoms with E-state index >= 15 is 0 Å². The number of phenols is 1. The monoisotopic (exact) mass is 255 g/mol. The third kappa shape index (κ3) is 4.11. The summed E-state index contributed by atoms with van der Waals surface area (Å²) in [6.07, 6.45) is 4.22. The van der Waals surface area contributed by atoms with Crippen LogP contribution in [0.2, 0.25) is 0 Å². The van der Waals surface area contributed by atoms with Crippen molar-refractivity contribution in [1.29, 1.82) is 0 Å². The van der Waals surface area contributed by atoms with Crippen LogP contribution in [0.4, 0.5) is 0 Å². The number of unbranched alkanes of at least 4 members (excludes halogenated alkanes) is 1. The first kappa shape index (κ1) is 13.6. The van der Waals surface area contributed by atoms with Gasteiger partial charge in [0, 0.05) is 6.54 Å². The summed E-state index contributed by atoms with van der Waals surface area (Å²) in [4.78, 5) is 0. The molecule has 100 valence electrons. The number of aromatic hydroxyl groups is 1. The summed E-state index contributed by atoms with van der Waals surface area (Å²) in [5, 5.41) is 9.68. The van der Waals surface area contributed by atoms with Gasteiger partial charge in [-0.15, -0.1) is 0 Å². The number of hydrogen-bond donors (Lipinski definition) is 2. The highest BCUT2D eigenvalue weighted by Crippen LogP contribution is 2.18. The second-order valence-corrected chi connectivity index (χ2v) is 4.86. The molecule has 0 unspecified atom stereocenters. The fourth-order valence-corrected chi connectivity index (χ4v) is 2.28. The fraction of sp³-hybridized carbons (Fsp3) is 0.294. The number of aryl methyl sites for hydroxylation is 2. The molecule has 0 heterocycles. The van der Waals surface area contributed by atoms with Crippen molar-refractivity contribution in [3.05, 3.63) is 65.2 Å². The van der Waals surface area contributed by atoms with E-state index in [1.807, 2.05) is 18.2 Å². The minimum atomic E-state index is 0.410. The average Bonchev–Trinajstić information content (AvgIpc) is 2.45. The van der Waals surface area contributed by atoms with Crippen LogP contribution in [0.25, 0.3) is 0 Å². The molecular formula is C17H21NO. The summed E-state index contributed by atoms with van der Waals surface area (Å²) in [5.41, 5.74) is 9.22. The summed E-state index contributed by atoms with van der Waals surface area (Å²) >= 11 is 0. The van der Waals surface area contributed by atoms with Crippen LogP contribution in [0.5, 0.6) is 5.75 Å². The number of nitrogens with two attached hydrogens (primary N) is 1. The van der Waals surface area contributed by atoms with Gasteiger partial charge in [-0.05, 0) is 48.4 Å². The van der Waals surface area contributed by atoms with Crippen LogP contribution in [0.15, 0.2) is 48.5 Å². The molecule has 0 aromatic heterocycles. The molecule has 0 amide bonds. The van der Waals surface area contributed by atoms with Gasteiger partial charge >= 0.3 is 0 Å². The Labute approximate surface area is 114 Å². The number of benzene rings is 2. The predicted molar refractivity (Wildman–Crippen MR) is 79.1 cm³/mol. The van der Waals surface area contributed by atoms with E-state index in [4.69, 9.17) is 5.73 Å². The Morgan fingerprint density at radius 3 is 2.37 bits per heavy atom. The number of para-hydroxylation sites is 1. The lowest BCUT2D eigenvalue weighted by molar-refractivity contribution is 0.466. The molecule has 0 aliphatic carbocycles. The van der Waals surface area contributed by atoms with E-state index in [1.165, 1.54) is 11.1 Å². The second-order valence-electron chi connectivity index (χ2n) is 4.86. The minimum Gasteiger partial charge on any atom is -0.508 e. The second kappa shape index (κ2) is 6.95. The maximum Gasteiger partial charge on any atom is 0.118 e. The Morgan fingerprint density at radius 2 is 1.58 bits per heavy atom. The average molecular weight is 255 g/mol. The third-order valence-electron chi connectivity index (χ3n) is 3.38. The van der Waals surface area contributed by atoms with Crippen molar-refractivity contribution in [3.63, 3.8) is 0 Å². The van der Waals surface area contributed by atoms with E-state index in [2.05, 4.69) is 24.3 Å². The molecule has 0 radical (unpaired) electrons. The molecule has 2 rings (SSSR count). The van der Waals surface area contributed by atoms with Gasteiger partial charge in [0.1, 0.15) is 5.75 Å². The standard InChI is InChI=1S/C17H21NO/c18-13-15-8-5-7-14(12-15)6-1-2-9-16-10-3-4-11-17(16)19/h3-5,7-8,10-12,19H,1-2,6,9,13,18H2. The van der Waals surface area contributed by atoms with Crippen molar-refractivity contribution in [2.75, 3.05) is 0 Å². The molecule has 19 heavy (non-hydrogen) atoms. The van der Waals surface area contributed by atoms with Crippen molar-refractivity contribution in [2.45, 2.75) is 32.2 Å². The zero-order chi connectivity index (χ0) is 13.5. The van der Waals surface area contributed by atoms with E-state index in [0.29, 0.717) is 12.3 Å². The molecule has 2 heteroatoms. The van der Waals surface area contributed by atoms with Gasteiger partial charge in [-0.1, -0.05) is 42.5 Å². The maximum atomic E-state index is 9.68. The SMILES string of the molecule is NCc1cccc(CCCCc2ccccc2O)c1. The van der Waals surface area contributed by atoms with Gasteiger partial charge in [0.15, 0.2) is 0 Å². The molecule has 0 bridgehead atoms. The van der Waals surface area contributed by atoms with Crippen LogP contribution in [0, 0.1) is 0 Å². The molecule has 2 aromatic rings. The summed E-state index contributed by atoms with van der Waals surface area (Å²) in [6.45, 7) is 0.603. The Kier molecular flexibility index (Phi) is 4.99. The zero-order valence-corrected chi connectivity index (χ0v) is 11.2. The predicted octanol–water partition coefficient (Wildman–Crippen LogP) is 3.42. The Balaban J connectivity index is 1.79. The molecule has 0 fully saturated rings. The first-order valence-electron chi connectivity index (χ1n) is 6.84. The van der Waals surface area contributed by atoms with Crippen LogP contribution < -0.4 is 5.73 Å². The molecule has 2 aromatic carbocycles. The number of rotatable bonds is 6. The molecule has 2 nitrogen and oxygen atoms in total. The Morgan fingerprint density at radius 1 is 0.842 bits per heavy atom. The lowest BCUT2D eigenvalue weighted by Gasteiger charge is -2.05.